The number of hydrogen-bond donors (Lipinski definition) is 0. The Morgan fingerprint density at radius 1 is 1.12 bits per heavy atom. The number of nitrogens with zero attached hydrogens (tertiary/aromatic N) is 1. The van der Waals surface area contributed by atoms with E-state index in [0.29, 0.717) is 0 Å². The molecule has 0 saturated heterocycles. The maximum absolute atomic E-state index is 5.28. The maximum Gasteiger partial charge on any atom is 0.161 e. The summed E-state index contributed by atoms with van der Waals surface area (Å²) >= 11 is 0. The van der Waals surface area contributed by atoms with Crippen molar-refractivity contribution in [3.63, 3.8) is 0 Å². The lowest BCUT2D eigenvalue weighted by molar-refractivity contribution is 0.356. The summed E-state index contributed by atoms with van der Waals surface area (Å²) in [5.74, 6) is 1.45. The first-order valence-electron chi connectivity index (χ1n) is 5.40. The van der Waals surface area contributed by atoms with Crippen LogP contribution < -0.4 is 9.47 Å². The predicted molar refractivity (Wildman–Crippen MR) is 68.7 cm³/mol. The average Bonchev–Trinajstić information content (AvgIpc) is 2.37. The first-order valence-corrected chi connectivity index (χ1v) is 5.40. The molecule has 1 aromatic carbocycles. The second kappa shape index (κ2) is 4.87. The van der Waals surface area contributed by atoms with Crippen LogP contribution in [0.4, 0.5) is 0 Å². The van der Waals surface area contributed by atoms with Crippen molar-refractivity contribution < 1.29 is 9.47 Å². The van der Waals surface area contributed by atoms with Crippen molar-refractivity contribution in [2.24, 2.45) is 0 Å². The largest absolute Gasteiger partial charge is 0.493 e. The Morgan fingerprint density at radius 3 is 2.35 bits per heavy atom. The smallest absolute Gasteiger partial charge is 0.161 e. The van der Waals surface area contributed by atoms with Crippen LogP contribution >= 0.6 is 0 Å². The number of rotatable bonds is 4. The van der Waals surface area contributed by atoms with Crippen molar-refractivity contribution in [3.8, 4) is 11.5 Å². The van der Waals surface area contributed by atoms with Gasteiger partial charge in [0.05, 0.1) is 14.2 Å². The molecule has 0 radical (unpaired) electrons. The molecule has 3 nitrogen and oxygen atoms in total. The van der Waals surface area contributed by atoms with Gasteiger partial charge in [-0.1, -0.05) is 6.08 Å². The molecule has 0 atom stereocenters. The SMILES string of the molecule is C=CCc1cc2cc(OC)c(OC)cc2cn1. The molecule has 0 N–H and O–H groups in total. The molecular formula is C14H15NO2. The van der Waals surface area contributed by atoms with Gasteiger partial charge in [0.25, 0.3) is 0 Å². The maximum atomic E-state index is 5.28. The molecule has 0 aliphatic rings. The van der Waals surface area contributed by atoms with E-state index in [1.165, 1.54) is 0 Å². The summed E-state index contributed by atoms with van der Waals surface area (Å²) in [7, 11) is 3.26. The van der Waals surface area contributed by atoms with E-state index in [-0.39, 0.29) is 0 Å². The molecule has 0 unspecified atom stereocenters. The highest BCUT2D eigenvalue weighted by molar-refractivity contribution is 5.85. The second-order valence-corrected chi connectivity index (χ2v) is 3.72. The molecule has 3 heteroatoms. The van der Waals surface area contributed by atoms with Crippen LogP contribution in [0.1, 0.15) is 5.69 Å². The number of methoxy groups -OCH3 is 2. The van der Waals surface area contributed by atoms with Gasteiger partial charge in [0, 0.05) is 23.7 Å². The zero-order valence-electron chi connectivity index (χ0n) is 10.1. The van der Waals surface area contributed by atoms with Crippen molar-refractivity contribution in [3.05, 3.63) is 42.7 Å². The zero-order valence-corrected chi connectivity index (χ0v) is 10.1. The highest BCUT2D eigenvalue weighted by Crippen LogP contribution is 2.31. The van der Waals surface area contributed by atoms with Gasteiger partial charge in [0.1, 0.15) is 0 Å². The Balaban J connectivity index is 2.57. The number of ether oxygens (including phenoxy) is 2. The average molecular weight is 229 g/mol. The van der Waals surface area contributed by atoms with Crippen LogP contribution in [-0.4, -0.2) is 19.2 Å². The lowest BCUT2D eigenvalue weighted by atomic mass is 10.1. The highest BCUT2D eigenvalue weighted by atomic mass is 16.5. The number of pyridine rings is 1. The summed E-state index contributed by atoms with van der Waals surface area (Å²) in [5.41, 5.74) is 1.000. The summed E-state index contributed by atoms with van der Waals surface area (Å²) in [6.07, 6.45) is 4.45. The normalized spacial score (nSPS) is 10.2. The summed E-state index contributed by atoms with van der Waals surface area (Å²) in [6, 6.07) is 5.93. The van der Waals surface area contributed by atoms with Crippen LogP contribution in [0.25, 0.3) is 10.8 Å². The molecule has 17 heavy (non-hydrogen) atoms. The molecule has 88 valence electrons. The molecule has 0 aliphatic carbocycles. The van der Waals surface area contributed by atoms with E-state index in [9.17, 15) is 0 Å². The van der Waals surface area contributed by atoms with E-state index in [2.05, 4.69) is 11.6 Å². The van der Waals surface area contributed by atoms with Crippen LogP contribution in [0, 0.1) is 0 Å². The molecule has 0 aliphatic heterocycles. The van der Waals surface area contributed by atoms with Gasteiger partial charge >= 0.3 is 0 Å². The first-order chi connectivity index (χ1) is 8.28. The number of benzene rings is 1. The lowest BCUT2D eigenvalue weighted by Crippen LogP contribution is -1.92. The van der Waals surface area contributed by atoms with Crippen molar-refractivity contribution in [1.29, 1.82) is 0 Å². The van der Waals surface area contributed by atoms with Gasteiger partial charge in [-0.3, -0.25) is 4.98 Å². The third-order valence-corrected chi connectivity index (χ3v) is 2.63. The molecular weight excluding hydrogens is 214 g/mol. The van der Waals surface area contributed by atoms with Crippen molar-refractivity contribution >= 4 is 10.8 Å². The van der Waals surface area contributed by atoms with E-state index in [1.54, 1.807) is 14.2 Å². The van der Waals surface area contributed by atoms with E-state index < -0.39 is 0 Å². The fourth-order valence-corrected chi connectivity index (χ4v) is 1.78. The second-order valence-electron chi connectivity index (χ2n) is 3.72. The van der Waals surface area contributed by atoms with Gasteiger partial charge in [-0.05, 0) is 23.6 Å². The summed E-state index contributed by atoms with van der Waals surface area (Å²) < 4.78 is 10.5. The molecule has 0 amide bonds. The summed E-state index contributed by atoms with van der Waals surface area (Å²) in [5, 5.41) is 2.13. The topological polar surface area (TPSA) is 31.4 Å². The van der Waals surface area contributed by atoms with Crippen molar-refractivity contribution in [1.82, 2.24) is 4.98 Å². The molecule has 1 heterocycles. The fourth-order valence-electron chi connectivity index (χ4n) is 1.78. The van der Waals surface area contributed by atoms with Gasteiger partial charge in [0.2, 0.25) is 0 Å². The molecule has 0 spiro atoms. The molecule has 0 saturated carbocycles. The van der Waals surface area contributed by atoms with Gasteiger partial charge in [0.15, 0.2) is 11.5 Å². The van der Waals surface area contributed by atoms with Gasteiger partial charge < -0.3 is 9.47 Å². The van der Waals surface area contributed by atoms with Gasteiger partial charge in [-0.2, -0.15) is 0 Å². The van der Waals surface area contributed by atoms with Gasteiger partial charge in [-0.25, -0.2) is 0 Å². The molecule has 0 fully saturated rings. The van der Waals surface area contributed by atoms with E-state index in [1.807, 2.05) is 30.5 Å². The molecule has 2 rings (SSSR count). The monoisotopic (exact) mass is 229 g/mol. The minimum absolute atomic E-state index is 0.721. The van der Waals surface area contributed by atoms with Gasteiger partial charge in [-0.15, -0.1) is 6.58 Å². The van der Waals surface area contributed by atoms with Crippen molar-refractivity contribution in [2.45, 2.75) is 6.42 Å². The number of hydrogen-bond acceptors (Lipinski definition) is 3. The Kier molecular flexibility index (Phi) is 3.28. The van der Waals surface area contributed by atoms with Crippen LogP contribution in [0.15, 0.2) is 37.1 Å². The summed E-state index contributed by atoms with van der Waals surface area (Å²) in [6.45, 7) is 3.71. The van der Waals surface area contributed by atoms with Crippen LogP contribution in [-0.2, 0) is 6.42 Å². The minimum atomic E-state index is 0.721. The Morgan fingerprint density at radius 2 is 1.76 bits per heavy atom. The predicted octanol–water partition coefficient (Wildman–Crippen LogP) is 2.98. The van der Waals surface area contributed by atoms with Crippen LogP contribution in [0.2, 0.25) is 0 Å². The number of fused-ring (bicyclic) bond motifs is 1. The molecule has 0 bridgehead atoms. The zero-order chi connectivity index (χ0) is 12.3. The Hall–Kier alpha value is -2.03. The molecule has 2 aromatic rings. The third kappa shape index (κ3) is 2.23. The quantitative estimate of drug-likeness (QED) is 0.755. The standard InChI is InChI=1S/C14H15NO2/c1-4-5-12-6-10-7-13(16-2)14(17-3)8-11(10)9-15-12/h4,6-9H,1,5H2,2-3H3. The fraction of sp³-hybridized carbons (Fsp3) is 0.214. The lowest BCUT2D eigenvalue weighted by Gasteiger charge is -2.09. The third-order valence-electron chi connectivity index (χ3n) is 2.63. The number of aromatic nitrogens is 1. The van der Waals surface area contributed by atoms with E-state index in [0.717, 1.165) is 34.4 Å². The van der Waals surface area contributed by atoms with E-state index >= 15 is 0 Å². The summed E-state index contributed by atoms with van der Waals surface area (Å²) in [4.78, 5) is 4.36. The Labute approximate surface area is 101 Å². The molecule has 1 aromatic heterocycles. The van der Waals surface area contributed by atoms with Crippen molar-refractivity contribution in [2.75, 3.05) is 14.2 Å². The minimum Gasteiger partial charge on any atom is -0.493 e. The highest BCUT2D eigenvalue weighted by Gasteiger charge is 2.06. The Bertz CT molecular complexity index is 549. The van der Waals surface area contributed by atoms with Crippen LogP contribution in [0.3, 0.4) is 0 Å². The van der Waals surface area contributed by atoms with Crippen LogP contribution in [0.5, 0.6) is 11.5 Å². The number of allylic oxidation sites excluding steroid dienone is 1. The first kappa shape index (κ1) is 11.5. The van der Waals surface area contributed by atoms with E-state index in [4.69, 9.17) is 9.47 Å².